The molecule has 0 spiro atoms. The minimum atomic E-state index is -0.303. The van der Waals surface area contributed by atoms with Crippen LogP contribution in [0.1, 0.15) is 37.8 Å². The summed E-state index contributed by atoms with van der Waals surface area (Å²) in [7, 11) is 3.82. The van der Waals surface area contributed by atoms with Crippen LogP contribution in [0, 0.1) is 0 Å². The van der Waals surface area contributed by atoms with E-state index in [0.29, 0.717) is 0 Å². The van der Waals surface area contributed by atoms with E-state index in [4.69, 9.17) is 4.74 Å². The quantitative estimate of drug-likeness (QED) is 0.846. The molecule has 0 unspecified atom stereocenters. The first-order valence-electron chi connectivity index (χ1n) is 7.40. The number of hydrogen-bond donors (Lipinski definition) is 0. The number of nitrogens with zero attached hydrogens (tertiary/aromatic N) is 1. The first kappa shape index (κ1) is 15.0. The smallest absolute Gasteiger partial charge is 0.140 e. The second-order valence-electron chi connectivity index (χ2n) is 5.82. The highest BCUT2D eigenvalue weighted by molar-refractivity contribution is 5.88. The van der Waals surface area contributed by atoms with E-state index in [2.05, 4.69) is 31.0 Å². The molecule has 1 aromatic carbocycles. The average molecular weight is 275 g/mol. The van der Waals surface area contributed by atoms with Gasteiger partial charge in [-0.1, -0.05) is 19.1 Å². The molecule has 1 saturated heterocycles. The molecule has 0 aromatic heterocycles. The van der Waals surface area contributed by atoms with Crippen LogP contribution in [-0.4, -0.2) is 37.9 Å². The predicted octanol–water partition coefficient (Wildman–Crippen LogP) is 2.81. The standard InChI is InChI=1S/C17H25NO2/c1-5-14-12-15(6-7-16(14)20-4)17(13(2)19)8-10-18(3)11-9-17/h6-7,12H,5,8-11H2,1-4H3. The fourth-order valence-corrected chi connectivity index (χ4v) is 3.20. The van der Waals surface area contributed by atoms with Crippen molar-refractivity contribution in [1.82, 2.24) is 4.90 Å². The molecule has 0 atom stereocenters. The molecule has 0 saturated carbocycles. The second kappa shape index (κ2) is 5.96. The van der Waals surface area contributed by atoms with Crippen LogP contribution in [0.15, 0.2) is 18.2 Å². The molecule has 1 heterocycles. The molecular weight excluding hydrogens is 250 g/mol. The maximum atomic E-state index is 12.3. The summed E-state index contributed by atoms with van der Waals surface area (Å²) in [6.07, 6.45) is 2.74. The van der Waals surface area contributed by atoms with Crippen LogP contribution in [0.3, 0.4) is 0 Å². The van der Waals surface area contributed by atoms with Gasteiger partial charge in [0.25, 0.3) is 0 Å². The molecule has 0 radical (unpaired) electrons. The van der Waals surface area contributed by atoms with Gasteiger partial charge >= 0.3 is 0 Å². The average Bonchev–Trinajstić information content (AvgIpc) is 2.47. The van der Waals surface area contributed by atoms with E-state index in [-0.39, 0.29) is 11.2 Å². The molecule has 0 N–H and O–H groups in total. The Morgan fingerprint density at radius 3 is 2.50 bits per heavy atom. The maximum Gasteiger partial charge on any atom is 0.140 e. The van der Waals surface area contributed by atoms with Crippen LogP contribution in [-0.2, 0) is 16.6 Å². The zero-order chi connectivity index (χ0) is 14.8. The van der Waals surface area contributed by atoms with Crippen molar-refractivity contribution >= 4 is 5.78 Å². The van der Waals surface area contributed by atoms with E-state index < -0.39 is 0 Å². The van der Waals surface area contributed by atoms with Crippen molar-refractivity contribution in [3.8, 4) is 5.75 Å². The van der Waals surface area contributed by atoms with E-state index in [1.165, 1.54) is 5.56 Å². The highest BCUT2D eigenvalue weighted by Crippen LogP contribution is 2.38. The lowest BCUT2D eigenvalue weighted by Crippen LogP contribution is -2.45. The fourth-order valence-electron chi connectivity index (χ4n) is 3.20. The highest BCUT2D eigenvalue weighted by atomic mass is 16.5. The van der Waals surface area contributed by atoms with Crippen LogP contribution in [0.4, 0.5) is 0 Å². The number of ketones is 1. The Morgan fingerprint density at radius 1 is 1.35 bits per heavy atom. The van der Waals surface area contributed by atoms with Gasteiger partial charge in [0.05, 0.1) is 12.5 Å². The van der Waals surface area contributed by atoms with Crippen LogP contribution >= 0.6 is 0 Å². The molecule has 110 valence electrons. The Labute approximate surface area is 121 Å². The van der Waals surface area contributed by atoms with Gasteiger partial charge in [0, 0.05) is 0 Å². The third-order valence-corrected chi connectivity index (χ3v) is 4.73. The molecule has 1 aromatic rings. The third kappa shape index (κ3) is 2.59. The van der Waals surface area contributed by atoms with E-state index >= 15 is 0 Å². The number of benzene rings is 1. The number of Topliss-reactive ketones (excluding diaryl/α,β-unsaturated/α-hetero) is 1. The fraction of sp³-hybridized carbons (Fsp3) is 0.588. The summed E-state index contributed by atoms with van der Waals surface area (Å²) in [6, 6.07) is 6.26. The van der Waals surface area contributed by atoms with Crippen LogP contribution in [0.25, 0.3) is 0 Å². The number of rotatable bonds is 4. The Hall–Kier alpha value is -1.35. The molecular formula is C17H25NO2. The topological polar surface area (TPSA) is 29.5 Å². The Kier molecular flexibility index (Phi) is 4.48. The lowest BCUT2D eigenvalue weighted by Gasteiger charge is -2.39. The zero-order valence-corrected chi connectivity index (χ0v) is 13.0. The zero-order valence-electron chi connectivity index (χ0n) is 13.0. The van der Waals surface area contributed by atoms with Gasteiger partial charge in [0.2, 0.25) is 0 Å². The van der Waals surface area contributed by atoms with Gasteiger partial charge in [0.15, 0.2) is 0 Å². The van der Waals surface area contributed by atoms with Gasteiger partial charge in [0.1, 0.15) is 11.5 Å². The first-order chi connectivity index (χ1) is 9.53. The maximum absolute atomic E-state index is 12.3. The molecule has 0 bridgehead atoms. The predicted molar refractivity (Wildman–Crippen MR) is 81.5 cm³/mol. The van der Waals surface area contributed by atoms with E-state index in [0.717, 1.165) is 43.7 Å². The molecule has 1 fully saturated rings. The number of hydrogen-bond acceptors (Lipinski definition) is 3. The number of piperidine rings is 1. The first-order valence-corrected chi connectivity index (χ1v) is 7.40. The number of likely N-dealkylation sites (tertiary alicyclic amines) is 1. The number of carbonyl (C=O) groups excluding carboxylic acids is 1. The van der Waals surface area contributed by atoms with Crippen molar-refractivity contribution < 1.29 is 9.53 Å². The summed E-state index contributed by atoms with van der Waals surface area (Å²) in [4.78, 5) is 14.6. The van der Waals surface area contributed by atoms with Gasteiger partial charge in [-0.15, -0.1) is 0 Å². The lowest BCUT2D eigenvalue weighted by atomic mass is 9.70. The number of ether oxygens (including phenoxy) is 1. The molecule has 20 heavy (non-hydrogen) atoms. The van der Waals surface area contributed by atoms with Crippen molar-refractivity contribution in [3.05, 3.63) is 29.3 Å². The van der Waals surface area contributed by atoms with E-state index in [9.17, 15) is 4.79 Å². The number of carbonyl (C=O) groups is 1. The Bertz CT molecular complexity index is 488. The van der Waals surface area contributed by atoms with Crippen LogP contribution in [0.2, 0.25) is 0 Å². The third-order valence-electron chi connectivity index (χ3n) is 4.73. The van der Waals surface area contributed by atoms with Gasteiger partial charge in [-0.2, -0.15) is 0 Å². The van der Waals surface area contributed by atoms with Crippen molar-refractivity contribution in [3.63, 3.8) is 0 Å². The summed E-state index contributed by atoms with van der Waals surface area (Å²) < 4.78 is 5.40. The molecule has 2 rings (SSSR count). The normalized spacial score (nSPS) is 18.8. The van der Waals surface area contributed by atoms with E-state index in [1.807, 2.05) is 6.07 Å². The van der Waals surface area contributed by atoms with Crippen molar-refractivity contribution in [2.45, 2.75) is 38.5 Å². The van der Waals surface area contributed by atoms with Crippen LogP contribution in [0.5, 0.6) is 5.75 Å². The summed E-state index contributed by atoms with van der Waals surface area (Å²) in [5.74, 6) is 1.21. The number of aryl methyl sites for hydroxylation is 1. The molecule has 1 aliphatic rings. The molecule has 3 heteroatoms. The highest BCUT2D eigenvalue weighted by Gasteiger charge is 2.39. The summed E-state index contributed by atoms with van der Waals surface area (Å²) in [5, 5.41) is 0. The van der Waals surface area contributed by atoms with Crippen molar-refractivity contribution in [2.24, 2.45) is 0 Å². The van der Waals surface area contributed by atoms with Crippen LogP contribution < -0.4 is 4.74 Å². The minimum Gasteiger partial charge on any atom is -0.496 e. The summed E-state index contributed by atoms with van der Waals surface area (Å²) in [5.41, 5.74) is 2.04. The SMILES string of the molecule is CCc1cc(C2(C(C)=O)CCN(C)CC2)ccc1OC. The lowest BCUT2D eigenvalue weighted by molar-refractivity contribution is -0.124. The largest absolute Gasteiger partial charge is 0.496 e. The molecule has 0 amide bonds. The van der Waals surface area contributed by atoms with Gasteiger partial charge in [-0.3, -0.25) is 4.79 Å². The van der Waals surface area contributed by atoms with E-state index in [1.54, 1.807) is 14.0 Å². The summed E-state index contributed by atoms with van der Waals surface area (Å²) >= 11 is 0. The Balaban J connectivity index is 2.42. The monoisotopic (exact) mass is 275 g/mol. The molecule has 1 aliphatic heterocycles. The van der Waals surface area contributed by atoms with Crippen molar-refractivity contribution in [1.29, 1.82) is 0 Å². The van der Waals surface area contributed by atoms with Gasteiger partial charge in [-0.05, 0) is 63.5 Å². The Morgan fingerprint density at radius 2 is 2.00 bits per heavy atom. The minimum absolute atomic E-state index is 0.290. The number of methoxy groups -OCH3 is 1. The van der Waals surface area contributed by atoms with Crippen molar-refractivity contribution in [2.75, 3.05) is 27.2 Å². The second-order valence-corrected chi connectivity index (χ2v) is 5.82. The summed E-state index contributed by atoms with van der Waals surface area (Å²) in [6.45, 7) is 5.82. The van der Waals surface area contributed by atoms with Gasteiger partial charge in [-0.25, -0.2) is 0 Å². The molecule has 0 aliphatic carbocycles. The van der Waals surface area contributed by atoms with Gasteiger partial charge < -0.3 is 9.64 Å². The molecule has 3 nitrogen and oxygen atoms in total.